The van der Waals surface area contributed by atoms with E-state index in [0.29, 0.717) is 31.9 Å². The number of esters is 1. The van der Waals surface area contributed by atoms with Gasteiger partial charge >= 0.3 is 5.97 Å². The number of thiazole rings is 1. The van der Waals surface area contributed by atoms with E-state index in [-0.39, 0.29) is 18.3 Å². The number of para-hydroxylation sites is 1. The summed E-state index contributed by atoms with van der Waals surface area (Å²) in [5.74, 6) is 0.119. The van der Waals surface area contributed by atoms with Crippen LogP contribution in [0.4, 0.5) is 0 Å². The van der Waals surface area contributed by atoms with Crippen LogP contribution in [0.15, 0.2) is 69.6 Å². The van der Waals surface area contributed by atoms with Crippen molar-refractivity contribution in [1.82, 2.24) is 9.13 Å². The summed E-state index contributed by atoms with van der Waals surface area (Å²) in [5.41, 5.74) is 6.72. The van der Waals surface area contributed by atoms with Crippen molar-refractivity contribution >= 4 is 46.0 Å². The molecule has 0 saturated heterocycles. The molecule has 0 unspecified atom stereocenters. The van der Waals surface area contributed by atoms with E-state index in [1.165, 1.54) is 20.5 Å². The SMILES string of the molecule is CCOC(=O)C1=C(C)N=c2s/c(=C\c3cc(C)n(-c4ccc(I)c(C)c4)c3C)c(=O)n2[C@@H]1c1ccccc1OC(C)C. The lowest BCUT2D eigenvalue weighted by Crippen LogP contribution is -2.40. The van der Waals surface area contributed by atoms with E-state index in [0.717, 1.165) is 22.6 Å². The van der Waals surface area contributed by atoms with E-state index >= 15 is 0 Å². The predicted molar refractivity (Wildman–Crippen MR) is 175 cm³/mol. The monoisotopic (exact) mass is 695 g/mol. The third kappa shape index (κ3) is 5.51. The van der Waals surface area contributed by atoms with Gasteiger partial charge in [-0.3, -0.25) is 9.36 Å². The van der Waals surface area contributed by atoms with E-state index in [9.17, 15) is 9.59 Å². The highest BCUT2D eigenvalue weighted by atomic mass is 127. The van der Waals surface area contributed by atoms with Gasteiger partial charge in [-0.05, 0) is 119 Å². The Kier molecular flexibility index (Phi) is 8.61. The zero-order chi connectivity index (χ0) is 30.3. The minimum atomic E-state index is -0.736. The molecule has 0 amide bonds. The lowest BCUT2D eigenvalue weighted by molar-refractivity contribution is -0.139. The molecule has 0 aliphatic carbocycles. The van der Waals surface area contributed by atoms with Crippen molar-refractivity contribution in [2.45, 2.75) is 60.6 Å². The Bertz CT molecular complexity index is 1910. The molecule has 0 N–H and O–H groups in total. The first-order chi connectivity index (χ1) is 20.0. The van der Waals surface area contributed by atoms with Crippen molar-refractivity contribution in [3.63, 3.8) is 0 Å². The molecule has 1 atom stereocenters. The van der Waals surface area contributed by atoms with Crippen molar-refractivity contribution in [2.75, 3.05) is 6.61 Å². The summed E-state index contributed by atoms with van der Waals surface area (Å²) >= 11 is 3.66. The normalized spacial score (nSPS) is 15.2. The number of ether oxygens (including phenoxy) is 2. The van der Waals surface area contributed by atoms with Gasteiger partial charge in [0, 0.05) is 26.2 Å². The molecule has 0 radical (unpaired) electrons. The Morgan fingerprint density at radius 1 is 1.12 bits per heavy atom. The summed E-state index contributed by atoms with van der Waals surface area (Å²) < 4.78 is 17.2. The Morgan fingerprint density at radius 3 is 2.55 bits per heavy atom. The zero-order valence-corrected chi connectivity index (χ0v) is 27.8. The summed E-state index contributed by atoms with van der Waals surface area (Å²) in [4.78, 5) is 32.7. The molecule has 3 heterocycles. The van der Waals surface area contributed by atoms with E-state index in [1.807, 2.05) is 44.2 Å². The fourth-order valence-electron chi connectivity index (χ4n) is 5.39. The van der Waals surface area contributed by atoms with E-state index in [1.54, 1.807) is 18.4 Å². The van der Waals surface area contributed by atoms with Crippen LogP contribution in [-0.4, -0.2) is 27.8 Å². The van der Waals surface area contributed by atoms with Gasteiger partial charge in [-0.25, -0.2) is 9.79 Å². The van der Waals surface area contributed by atoms with E-state index in [2.05, 4.69) is 72.2 Å². The Morgan fingerprint density at radius 2 is 1.86 bits per heavy atom. The van der Waals surface area contributed by atoms with Crippen LogP contribution in [0.25, 0.3) is 11.8 Å². The summed E-state index contributed by atoms with van der Waals surface area (Å²) in [6.45, 7) is 13.9. The minimum Gasteiger partial charge on any atom is -0.491 e. The largest absolute Gasteiger partial charge is 0.491 e. The fraction of sp³-hybridized carbons (Fsp3) is 0.303. The second-order valence-electron chi connectivity index (χ2n) is 10.6. The second-order valence-corrected chi connectivity index (χ2v) is 12.8. The van der Waals surface area contributed by atoms with Gasteiger partial charge in [0.15, 0.2) is 4.80 Å². The van der Waals surface area contributed by atoms with Crippen LogP contribution in [0.5, 0.6) is 5.75 Å². The summed E-state index contributed by atoms with van der Waals surface area (Å²) in [7, 11) is 0. The van der Waals surface area contributed by atoms with E-state index < -0.39 is 12.0 Å². The number of hydrogen-bond donors (Lipinski definition) is 0. The van der Waals surface area contributed by atoms with Gasteiger partial charge in [0.2, 0.25) is 0 Å². The molecule has 42 heavy (non-hydrogen) atoms. The molecule has 0 fully saturated rings. The molecule has 2 aromatic carbocycles. The zero-order valence-electron chi connectivity index (χ0n) is 24.8. The second kappa shape index (κ2) is 12.0. The quantitative estimate of drug-likeness (QED) is 0.178. The molecule has 1 aliphatic rings. The molecular formula is C33H34IN3O4S. The van der Waals surface area contributed by atoms with Gasteiger partial charge in [0.05, 0.1) is 28.5 Å². The van der Waals surface area contributed by atoms with Gasteiger partial charge in [-0.15, -0.1) is 0 Å². The minimum absolute atomic E-state index is 0.0924. The number of aromatic nitrogens is 2. The highest BCUT2D eigenvalue weighted by molar-refractivity contribution is 14.1. The number of rotatable bonds is 7. The van der Waals surface area contributed by atoms with Crippen LogP contribution in [0.3, 0.4) is 0 Å². The Balaban J connectivity index is 1.71. The van der Waals surface area contributed by atoms with Crippen LogP contribution in [0.2, 0.25) is 0 Å². The van der Waals surface area contributed by atoms with Gasteiger partial charge in [0.1, 0.15) is 11.8 Å². The van der Waals surface area contributed by atoms with Crippen molar-refractivity contribution in [3.05, 3.63) is 111 Å². The average molecular weight is 696 g/mol. The smallest absolute Gasteiger partial charge is 0.338 e. The number of nitrogens with zero attached hydrogens (tertiary/aromatic N) is 3. The number of carbonyl (C=O) groups is 1. The molecule has 1 aliphatic heterocycles. The van der Waals surface area contributed by atoms with Crippen molar-refractivity contribution in [3.8, 4) is 11.4 Å². The number of benzene rings is 2. The molecule has 7 nitrogen and oxygen atoms in total. The molecular weight excluding hydrogens is 661 g/mol. The maximum Gasteiger partial charge on any atom is 0.338 e. The van der Waals surface area contributed by atoms with Crippen LogP contribution in [0, 0.1) is 24.3 Å². The van der Waals surface area contributed by atoms with Crippen molar-refractivity contribution in [2.24, 2.45) is 4.99 Å². The van der Waals surface area contributed by atoms with E-state index in [4.69, 9.17) is 14.5 Å². The summed E-state index contributed by atoms with van der Waals surface area (Å²) in [6.07, 6.45) is 1.84. The lowest BCUT2D eigenvalue weighted by atomic mass is 9.95. The first-order valence-corrected chi connectivity index (χ1v) is 15.8. The average Bonchev–Trinajstić information content (AvgIpc) is 3.39. The van der Waals surface area contributed by atoms with Crippen molar-refractivity contribution in [1.29, 1.82) is 0 Å². The topological polar surface area (TPSA) is 74.8 Å². The predicted octanol–water partition coefficient (Wildman–Crippen LogP) is 5.91. The molecule has 4 aromatic rings. The van der Waals surface area contributed by atoms with Crippen LogP contribution >= 0.6 is 33.9 Å². The lowest BCUT2D eigenvalue weighted by Gasteiger charge is -2.26. The molecule has 5 rings (SSSR count). The van der Waals surface area contributed by atoms with Crippen LogP contribution < -0.4 is 19.6 Å². The fourth-order valence-corrected chi connectivity index (χ4v) is 6.77. The van der Waals surface area contributed by atoms with Gasteiger partial charge in [-0.2, -0.15) is 0 Å². The maximum atomic E-state index is 14.2. The number of carbonyl (C=O) groups excluding carboxylic acids is 1. The Labute approximate surface area is 263 Å². The first-order valence-electron chi connectivity index (χ1n) is 13.9. The molecule has 0 bridgehead atoms. The summed E-state index contributed by atoms with van der Waals surface area (Å²) in [6, 6.07) is 15.3. The van der Waals surface area contributed by atoms with Crippen LogP contribution in [-0.2, 0) is 9.53 Å². The highest BCUT2D eigenvalue weighted by Gasteiger charge is 2.35. The number of hydrogen-bond acceptors (Lipinski definition) is 6. The van der Waals surface area contributed by atoms with Crippen LogP contribution in [0.1, 0.15) is 61.8 Å². The third-order valence-corrected chi connectivity index (χ3v) is 9.44. The molecule has 0 saturated carbocycles. The number of fused-ring (bicyclic) bond motifs is 1. The third-order valence-electron chi connectivity index (χ3n) is 7.25. The first kappa shape index (κ1) is 30.0. The standard InChI is InChI=1S/C33H34IN3O4S/c1-8-40-32(39)29-21(6)35-33-37(30(29)25-11-9-10-12-27(25)41-18(2)3)31(38)28(42-33)17-23-16-20(5)36(22(23)7)24-13-14-26(34)19(4)15-24/h9-18,30H,8H2,1-7H3/b28-17-/t30-/m1/s1. The van der Waals surface area contributed by atoms with Crippen molar-refractivity contribution < 1.29 is 14.3 Å². The van der Waals surface area contributed by atoms with Gasteiger partial charge in [0.25, 0.3) is 5.56 Å². The number of allylic oxidation sites excluding steroid dienone is 1. The highest BCUT2D eigenvalue weighted by Crippen LogP contribution is 2.36. The number of halogens is 1. The molecule has 218 valence electrons. The van der Waals surface area contributed by atoms with Gasteiger partial charge < -0.3 is 14.0 Å². The molecule has 9 heteroatoms. The molecule has 0 spiro atoms. The Hall–Kier alpha value is -3.44. The molecule has 2 aromatic heterocycles. The summed E-state index contributed by atoms with van der Waals surface area (Å²) in [5, 5.41) is 0. The number of aryl methyl sites for hydroxylation is 2. The maximum absolute atomic E-state index is 14.2. The van der Waals surface area contributed by atoms with Gasteiger partial charge in [-0.1, -0.05) is 29.5 Å².